The van der Waals surface area contributed by atoms with Crippen LogP contribution < -0.4 is 5.32 Å². The summed E-state index contributed by atoms with van der Waals surface area (Å²) in [5, 5.41) is 3.59. The molecule has 0 saturated heterocycles. The summed E-state index contributed by atoms with van der Waals surface area (Å²) in [5.74, 6) is 0.358. The predicted octanol–water partition coefficient (Wildman–Crippen LogP) is 5.29. The third kappa shape index (κ3) is 5.67. The quantitative estimate of drug-likeness (QED) is 0.412. The van der Waals surface area contributed by atoms with Crippen molar-refractivity contribution in [2.45, 2.75) is 40.2 Å². The van der Waals surface area contributed by atoms with Gasteiger partial charge in [-0.05, 0) is 29.9 Å². The Morgan fingerprint density at radius 2 is 2.00 bits per heavy atom. The monoisotopic (exact) mass is 349 g/mol. The molecular formula is C24H31NO. The van der Waals surface area contributed by atoms with Gasteiger partial charge in [0.25, 0.3) is 0 Å². The Morgan fingerprint density at radius 1 is 1.31 bits per heavy atom. The van der Waals surface area contributed by atoms with Crippen LogP contribution in [-0.2, 0) is 6.42 Å². The number of hydrogen-bond donors (Lipinski definition) is 1. The van der Waals surface area contributed by atoms with Crippen LogP contribution in [0.2, 0.25) is 0 Å². The van der Waals surface area contributed by atoms with Crippen molar-refractivity contribution in [3.05, 3.63) is 83.5 Å². The van der Waals surface area contributed by atoms with Crippen LogP contribution in [0.4, 0.5) is 0 Å². The molecule has 2 heteroatoms. The Bertz CT molecular complexity index is 714. The van der Waals surface area contributed by atoms with E-state index < -0.39 is 0 Å². The minimum atomic E-state index is 0.0916. The summed E-state index contributed by atoms with van der Waals surface area (Å²) in [7, 11) is 0. The summed E-state index contributed by atoms with van der Waals surface area (Å²) in [6.45, 7) is 13.7. The van der Waals surface area contributed by atoms with E-state index in [-0.39, 0.29) is 5.41 Å². The normalized spacial score (nSPS) is 19.5. The van der Waals surface area contributed by atoms with Crippen LogP contribution >= 0.6 is 0 Å². The molecule has 1 aliphatic heterocycles. The lowest BCUT2D eigenvalue weighted by atomic mass is 9.86. The molecule has 0 aliphatic carbocycles. The summed E-state index contributed by atoms with van der Waals surface area (Å²) in [5.41, 5.74) is 4.68. The van der Waals surface area contributed by atoms with E-state index in [1.165, 1.54) is 16.7 Å². The summed E-state index contributed by atoms with van der Waals surface area (Å²) in [6, 6.07) is 8.22. The van der Waals surface area contributed by atoms with Crippen LogP contribution in [0.15, 0.2) is 72.4 Å². The fourth-order valence-corrected chi connectivity index (χ4v) is 3.22. The van der Waals surface area contributed by atoms with Gasteiger partial charge in [-0.3, -0.25) is 4.79 Å². The number of hydrogen-bond acceptors (Lipinski definition) is 2. The number of carbonyl (C=O) groups excluding carboxylic acids is 1. The third-order valence-electron chi connectivity index (χ3n) is 4.85. The lowest BCUT2D eigenvalue weighted by Crippen LogP contribution is -2.31. The molecule has 2 nitrogen and oxygen atoms in total. The molecular weight excluding hydrogens is 318 g/mol. The first kappa shape index (κ1) is 20.1. The van der Waals surface area contributed by atoms with Crippen molar-refractivity contribution >= 4 is 6.29 Å². The molecule has 0 aromatic heterocycles. The molecule has 0 fully saturated rings. The molecule has 0 saturated carbocycles. The zero-order chi connectivity index (χ0) is 19.2. The van der Waals surface area contributed by atoms with Gasteiger partial charge in [0.1, 0.15) is 6.29 Å². The van der Waals surface area contributed by atoms with Crippen molar-refractivity contribution in [2.24, 2.45) is 11.3 Å². The van der Waals surface area contributed by atoms with Gasteiger partial charge in [-0.1, -0.05) is 87.6 Å². The molecule has 2 unspecified atom stereocenters. The maximum Gasteiger partial charge on any atom is 0.150 e. The first-order chi connectivity index (χ1) is 12.3. The summed E-state index contributed by atoms with van der Waals surface area (Å²) in [4.78, 5) is 10.9. The van der Waals surface area contributed by atoms with E-state index in [0.717, 1.165) is 24.8 Å². The van der Waals surface area contributed by atoms with E-state index in [2.05, 4.69) is 76.0 Å². The fraction of sp³-hybridized carbons (Fsp3) is 0.375. The van der Waals surface area contributed by atoms with Gasteiger partial charge in [0.05, 0.1) is 0 Å². The van der Waals surface area contributed by atoms with E-state index in [4.69, 9.17) is 0 Å². The smallest absolute Gasteiger partial charge is 0.150 e. The second-order valence-electron chi connectivity index (χ2n) is 8.11. The van der Waals surface area contributed by atoms with Crippen LogP contribution in [0.5, 0.6) is 0 Å². The Balaban J connectivity index is 2.20. The number of rotatable bonds is 7. The highest BCUT2D eigenvalue weighted by molar-refractivity contribution is 5.74. The maximum absolute atomic E-state index is 10.9. The molecule has 1 aliphatic rings. The van der Waals surface area contributed by atoms with Gasteiger partial charge in [0.2, 0.25) is 0 Å². The Hall–Kier alpha value is -2.19. The highest BCUT2D eigenvalue weighted by Gasteiger charge is 2.21. The SMILES string of the molecule is C=C/C(=C\C=C\C(Cc1ccc(C=O)cc1)C1C=C(C)CN1)C(C)(C)C. The van der Waals surface area contributed by atoms with Crippen molar-refractivity contribution in [1.29, 1.82) is 0 Å². The predicted molar refractivity (Wildman–Crippen MR) is 111 cm³/mol. The summed E-state index contributed by atoms with van der Waals surface area (Å²) in [6.07, 6.45) is 12.7. The van der Waals surface area contributed by atoms with Gasteiger partial charge in [0.15, 0.2) is 0 Å². The number of allylic oxidation sites excluding steroid dienone is 4. The third-order valence-corrected chi connectivity index (χ3v) is 4.85. The van der Waals surface area contributed by atoms with Crippen LogP contribution in [-0.4, -0.2) is 18.9 Å². The minimum Gasteiger partial charge on any atom is -0.306 e. The average molecular weight is 350 g/mol. The number of nitrogens with one attached hydrogen (secondary N) is 1. The van der Waals surface area contributed by atoms with E-state index in [9.17, 15) is 4.79 Å². The summed E-state index contributed by atoms with van der Waals surface area (Å²) < 4.78 is 0. The van der Waals surface area contributed by atoms with Gasteiger partial charge in [0, 0.05) is 24.1 Å². The zero-order valence-electron chi connectivity index (χ0n) is 16.5. The molecule has 2 atom stereocenters. The molecule has 0 radical (unpaired) electrons. The standard InChI is InChI=1S/C24H31NO/c1-6-22(24(3,4)5)9-7-8-21(23-14-18(2)16-25-23)15-19-10-12-20(17-26)13-11-19/h6-14,17,21,23,25H,1,15-16H2,2-5H3/b8-7+,22-9+. The summed E-state index contributed by atoms with van der Waals surface area (Å²) >= 11 is 0. The maximum atomic E-state index is 10.9. The van der Waals surface area contributed by atoms with Crippen LogP contribution in [0, 0.1) is 11.3 Å². The van der Waals surface area contributed by atoms with Crippen molar-refractivity contribution in [2.75, 3.05) is 6.54 Å². The van der Waals surface area contributed by atoms with Gasteiger partial charge in [-0.25, -0.2) is 0 Å². The van der Waals surface area contributed by atoms with E-state index in [0.29, 0.717) is 12.0 Å². The fourth-order valence-electron chi connectivity index (χ4n) is 3.22. The second kappa shape index (κ2) is 8.95. The van der Waals surface area contributed by atoms with Crippen molar-refractivity contribution in [1.82, 2.24) is 5.32 Å². The molecule has 0 spiro atoms. The average Bonchev–Trinajstić information content (AvgIpc) is 3.03. The number of aldehydes is 1. The Morgan fingerprint density at radius 3 is 2.50 bits per heavy atom. The van der Waals surface area contributed by atoms with Crippen molar-refractivity contribution < 1.29 is 4.79 Å². The first-order valence-electron chi connectivity index (χ1n) is 9.29. The minimum absolute atomic E-state index is 0.0916. The molecule has 2 rings (SSSR count). The molecule has 0 amide bonds. The number of benzene rings is 1. The van der Waals surface area contributed by atoms with Gasteiger partial charge in [-0.2, -0.15) is 0 Å². The lowest BCUT2D eigenvalue weighted by molar-refractivity contribution is 0.112. The molecule has 1 heterocycles. The zero-order valence-corrected chi connectivity index (χ0v) is 16.5. The number of carbonyl (C=O) groups is 1. The topological polar surface area (TPSA) is 29.1 Å². The molecule has 0 bridgehead atoms. The van der Waals surface area contributed by atoms with E-state index >= 15 is 0 Å². The van der Waals surface area contributed by atoms with Gasteiger partial charge >= 0.3 is 0 Å². The molecule has 1 aromatic carbocycles. The lowest BCUT2D eigenvalue weighted by Gasteiger charge is -2.21. The van der Waals surface area contributed by atoms with E-state index in [1.807, 2.05) is 18.2 Å². The highest BCUT2D eigenvalue weighted by atomic mass is 16.1. The van der Waals surface area contributed by atoms with Crippen molar-refractivity contribution in [3.8, 4) is 0 Å². The van der Waals surface area contributed by atoms with Crippen LogP contribution in [0.1, 0.15) is 43.6 Å². The van der Waals surface area contributed by atoms with Crippen molar-refractivity contribution in [3.63, 3.8) is 0 Å². The Labute approximate surface area is 158 Å². The van der Waals surface area contributed by atoms with E-state index in [1.54, 1.807) is 0 Å². The van der Waals surface area contributed by atoms with Gasteiger partial charge in [-0.15, -0.1) is 0 Å². The first-order valence-corrected chi connectivity index (χ1v) is 9.29. The largest absolute Gasteiger partial charge is 0.306 e. The molecule has 26 heavy (non-hydrogen) atoms. The Kier molecular flexibility index (Phi) is 6.93. The van der Waals surface area contributed by atoms with Crippen LogP contribution in [0.3, 0.4) is 0 Å². The second-order valence-corrected chi connectivity index (χ2v) is 8.11. The van der Waals surface area contributed by atoms with Gasteiger partial charge < -0.3 is 5.32 Å². The highest BCUT2D eigenvalue weighted by Crippen LogP contribution is 2.26. The molecule has 1 N–H and O–H groups in total. The van der Waals surface area contributed by atoms with Crippen LogP contribution in [0.25, 0.3) is 0 Å². The molecule has 138 valence electrons. The molecule has 1 aromatic rings.